The Morgan fingerprint density at radius 3 is 2.67 bits per heavy atom. The molecule has 1 saturated carbocycles. The van der Waals surface area contributed by atoms with Crippen LogP contribution in [-0.4, -0.2) is 25.0 Å². The first-order valence-corrected chi connectivity index (χ1v) is 8.42. The minimum Gasteiger partial charge on any atom is -0.330 e. The average Bonchev–Trinajstić information content (AvgIpc) is 2.75. The van der Waals surface area contributed by atoms with E-state index in [1.165, 1.54) is 41.5 Å². The highest BCUT2D eigenvalue weighted by molar-refractivity contribution is 9.11. The Kier molecular flexibility index (Phi) is 5.24. The fraction of sp³-hybridized carbons (Fsp3) is 0.714. The van der Waals surface area contributed by atoms with Gasteiger partial charge in [-0.2, -0.15) is 0 Å². The van der Waals surface area contributed by atoms with Crippen LogP contribution < -0.4 is 5.73 Å². The molecular formula is C14H23BrN2S. The van der Waals surface area contributed by atoms with E-state index in [4.69, 9.17) is 5.73 Å². The monoisotopic (exact) mass is 330 g/mol. The summed E-state index contributed by atoms with van der Waals surface area (Å²) in [6.07, 6.45) is 6.72. The van der Waals surface area contributed by atoms with Crippen molar-refractivity contribution in [1.82, 2.24) is 4.90 Å². The molecule has 2 rings (SSSR count). The van der Waals surface area contributed by atoms with E-state index in [9.17, 15) is 0 Å². The van der Waals surface area contributed by atoms with Gasteiger partial charge in [0.1, 0.15) is 0 Å². The molecule has 0 radical (unpaired) electrons. The molecule has 1 aliphatic carbocycles. The van der Waals surface area contributed by atoms with Gasteiger partial charge < -0.3 is 10.6 Å². The minimum absolute atomic E-state index is 0.375. The fourth-order valence-corrected chi connectivity index (χ4v) is 4.30. The summed E-state index contributed by atoms with van der Waals surface area (Å²) in [5, 5.41) is 2.23. The molecule has 2 N–H and O–H groups in total. The number of hydrogen-bond acceptors (Lipinski definition) is 3. The van der Waals surface area contributed by atoms with Crippen LogP contribution >= 0.6 is 27.3 Å². The zero-order valence-electron chi connectivity index (χ0n) is 11.1. The maximum atomic E-state index is 6.05. The Labute approximate surface area is 123 Å². The van der Waals surface area contributed by atoms with E-state index in [0.29, 0.717) is 5.41 Å². The number of nitrogens with two attached hydrogens (primary N) is 1. The van der Waals surface area contributed by atoms with Crippen molar-refractivity contribution >= 4 is 27.3 Å². The van der Waals surface area contributed by atoms with Crippen molar-refractivity contribution < 1.29 is 0 Å². The third kappa shape index (κ3) is 3.80. The highest BCUT2D eigenvalue weighted by Gasteiger charge is 2.31. The minimum atomic E-state index is 0.375. The van der Waals surface area contributed by atoms with Gasteiger partial charge in [0.25, 0.3) is 0 Å². The lowest BCUT2D eigenvalue weighted by Crippen LogP contribution is -2.42. The summed E-state index contributed by atoms with van der Waals surface area (Å²) in [4.78, 5) is 2.44. The maximum absolute atomic E-state index is 6.05. The molecule has 0 bridgehead atoms. The standard InChI is InChI=1S/C14H23BrN2S/c1-17(8-12-7-13(15)18-9-12)11-14(10-16)5-3-2-4-6-14/h7,9H,2-6,8,10-11,16H2,1H3. The van der Waals surface area contributed by atoms with E-state index >= 15 is 0 Å². The third-order valence-corrected chi connectivity index (χ3v) is 5.58. The van der Waals surface area contributed by atoms with Crippen molar-refractivity contribution in [1.29, 1.82) is 0 Å². The van der Waals surface area contributed by atoms with E-state index in [1.807, 2.05) is 0 Å². The average molecular weight is 331 g/mol. The summed E-state index contributed by atoms with van der Waals surface area (Å²) in [5.74, 6) is 0. The summed E-state index contributed by atoms with van der Waals surface area (Å²) in [6.45, 7) is 3.01. The molecule has 1 fully saturated rings. The Hall–Kier alpha value is 0.1000. The van der Waals surface area contributed by atoms with Crippen molar-refractivity contribution in [3.05, 3.63) is 20.8 Å². The summed E-state index contributed by atoms with van der Waals surface area (Å²) < 4.78 is 1.22. The number of hydrogen-bond donors (Lipinski definition) is 1. The molecule has 102 valence electrons. The molecule has 0 amide bonds. The van der Waals surface area contributed by atoms with Crippen LogP contribution in [-0.2, 0) is 6.54 Å². The predicted molar refractivity (Wildman–Crippen MR) is 82.9 cm³/mol. The lowest BCUT2D eigenvalue weighted by molar-refractivity contribution is 0.124. The Morgan fingerprint density at radius 2 is 2.11 bits per heavy atom. The second-order valence-corrected chi connectivity index (χ2v) is 7.99. The van der Waals surface area contributed by atoms with Gasteiger partial charge in [-0.3, -0.25) is 0 Å². The van der Waals surface area contributed by atoms with Gasteiger partial charge in [0.05, 0.1) is 3.79 Å². The summed E-state index contributed by atoms with van der Waals surface area (Å²) in [7, 11) is 2.22. The Morgan fingerprint density at radius 1 is 1.39 bits per heavy atom. The van der Waals surface area contributed by atoms with Crippen molar-refractivity contribution in [3.63, 3.8) is 0 Å². The lowest BCUT2D eigenvalue weighted by atomic mass is 9.74. The molecule has 1 aromatic rings. The molecule has 1 heterocycles. The topological polar surface area (TPSA) is 29.3 Å². The van der Waals surface area contributed by atoms with Gasteiger partial charge in [-0.15, -0.1) is 11.3 Å². The lowest BCUT2D eigenvalue weighted by Gasteiger charge is -2.39. The summed E-state index contributed by atoms with van der Waals surface area (Å²) in [6, 6.07) is 2.22. The molecule has 1 aliphatic rings. The molecule has 4 heteroatoms. The normalized spacial score (nSPS) is 19.3. The van der Waals surface area contributed by atoms with E-state index in [1.54, 1.807) is 11.3 Å². The molecule has 0 aliphatic heterocycles. The molecule has 0 aromatic carbocycles. The van der Waals surface area contributed by atoms with Crippen LogP contribution in [0.25, 0.3) is 0 Å². The molecule has 1 aromatic heterocycles. The second kappa shape index (κ2) is 6.51. The van der Waals surface area contributed by atoms with Gasteiger partial charge in [0.15, 0.2) is 0 Å². The van der Waals surface area contributed by atoms with Gasteiger partial charge in [0, 0.05) is 13.1 Å². The zero-order valence-corrected chi connectivity index (χ0v) is 13.5. The van der Waals surface area contributed by atoms with Gasteiger partial charge in [-0.25, -0.2) is 0 Å². The first-order chi connectivity index (χ1) is 8.63. The van der Waals surface area contributed by atoms with Gasteiger partial charge in [0.2, 0.25) is 0 Å². The van der Waals surface area contributed by atoms with Crippen LogP contribution in [0.3, 0.4) is 0 Å². The molecule has 0 atom stereocenters. The molecular weight excluding hydrogens is 308 g/mol. The molecule has 0 spiro atoms. The number of rotatable bonds is 5. The SMILES string of the molecule is CN(Cc1csc(Br)c1)CC1(CN)CCCCC1. The molecule has 0 saturated heterocycles. The number of nitrogens with zero attached hydrogens (tertiary/aromatic N) is 1. The van der Waals surface area contributed by atoms with Crippen LogP contribution in [0.5, 0.6) is 0 Å². The van der Waals surface area contributed by atoms with Gasteiger partial charge in [-0.1, -0.05) is 19.3 Å². The van der Waals surface area contributed by atoms with E-state index < -0.39 is 0 Å². The van der Waals surface area contributed by atoms with Crippen molar-refractivity contribution in [2.45, 2.75) is 38.6 Å². The van der Waals surface area contributed by atoms with Crippen LogP contribution in [0, 0.1) is 5.41 Å². The first-order valence-electron chi connectivity index (χ1n) is 6.75. The third-order valence-electron chi connectivity index (χ3n) is 4.03. The molecule has 18 heavy (non-hydrogen) atoms. The van der Waals surface area contributed by atoms with Crippen molar-refractivity contribution in [2.75, 3.05) is 20.1 Å². The molecule has 2 nitrogen and oxygen atoms in total. The maximum Gasteiger partial charge on any atom is 0.0701 e. The van der Waals surface area contributed by atoms with Crippen molar-refractivity contribution in [3.8, 4) is 0 Å². The highest BCUT2D eigenvalue weighted by atomic mass is 79.9. The quantitative estimate of drug-likeness (QED) is 0.888. The first kappa shape index (κ1) is 14.5. The number of thiophene rings is 1. The van der Waals surface area contributed by atoms with E-state index in [2.05, 4.69) is 39.3 Å². The van der Waals surface area contributed by atoms with Crippen LogP contribution in [0.2, 0.25) is 0 Å². The van der Waals surface area contributed by atoms with Crippen LogP contribution in [0.1, 0.15) is 37.7 Å². The predicted octanol–water partition coefficient (Wildman–Crippen LogP) is 3.85. The smallest absolute Gasteiger partial charge is 0.0701 e. The number of halogens is 1. The fourth-order valence-electron chi connectivity index (χ4n) is 3.10. The van der Waals surface area contributed by atoms with Gasteiger partial charge >= 0.3 is 0 Å². The second-order valence-electron chi connectivity index (χ2n) is 5.70. The zero-order chi connectivity index (χ0) is 13.0. The van der Waals surface area contributed by atoms with E-state index in [-0.39, 0.29) is 0 Å². The largest absolute Gasteiger partial charge is 0.330 e. The Bertz CT molecular complexity index is 372. The van der Waals surface area contributed by atoms with Crippen molar-refractivity contribution in [2.24, 2.45) is 11.1 Å². The van der Waals surface area contributed by atoms with Crippen LogP contribution in [0.15, 0.2) is 15.2 Å². The van der Waals surface area contributed by atoms with E-state index in [0.717, 1.165) is 19.6 Å². The summed E-state index contributed by atoms with van der Waals surface area (Å²) in [5.41, 5.74) is 7.83. The van der Waals surface area contributed by atoms with Gasteiger partial charge in [-0.05, 0) is 64.8 Å². The van der Waals surface area contributed by atoms with Crippen LogP contribution in [0.4, 0.5) is 0 Å². The summed E-state index contributed by atoms with van der Waals surface area (Å²) >= 11 is 5.29. The Balaban J connectivity index is 1.90. The highest BCUT2D eigenvalue weighted by Crippen LogP contribution is 2.36. The molecule has 0 unspecified atom stereocenters.